The SMILES string of the molecule is CC(C)NC(=O)[C@H](C#N)C(=O)c1ccc(-c2noc(C(F)(F)F)n2)cc1. The Balaban J connectivity index is 2.21. The number of carbonyl (C=O) groups excluding carboxylic acids is 2. The van der Waals surface area contributed by atoms with Crippen molar-refractivity contribution in [3.8, 4) is 17.5 Å². The van der Waals surface area contributed by atoms with Crippen LogP contribution < -0.4 is 5.32 Å². The van der Waals surface area contributed by atoms with Gasteiger partial charge >= 0.3 is 12.1 Å². The third kappa shape index (κ3) is 4.24. The van der Waals surface area contributed by atoms with E-state index in [-0.39, 0.29) is 23.0 Å². The number of hydrogen-bond donors (Lipinski definition) is 1. The van der Waals surface area contributed by atoms with Gasteiger partial charge in [0.2, 0.25) is 11.7 Å². The molecule has 1 atom stereocenters. The van der Waals surface area contributed by atoms with E-state index in [9.17, 15) is 22.8 Å². The van der Waals surface area contributed by atoms with E-state index in [2.05, 4.69) is 20.0 Å². The van der Waals surface area contributed by atoms with Gasteiger partial charge in [0.05, 0.1) is 6.07 Å². The number of benzene rings is 1. The number of ketones is 1. The molecule has 0 fully saturated rings. The van der Waals surface area contributed by atoms with Crippen molar-refractivity contribution in [2.45, 2.75) is 26.1 Å². The molecular formula is C16H13F3N4O3. The molecule has 0 saturated carbocycles. The molecular weight excluding hydrogens is 353 g/mol. The molecule has 26 heavy (non-hydrogen) atoms. The average Bonchev–Trinajstić information content (AvgIpc) is 3.05. The van der Waals surface area contributed by atoms with Crippen LogP contribution in [0.25, 0.3) is 11.4 Å². The van der Waals surface area contributed by atoms with Crippen LogP contribution in [0.3, 0.4) is 0 Å². The van der Waals surface area contributed by atoms with Gasteiger partial charge in [0.1, 0.15) is 0 Å². The summed E-state index contributed by atoms with van der Waals surface area (Å²) in [5, 5.41) is 14.8. The number of hydrogen-bond acceptors (Lipinski definition) is 6. The van der Waals surface area contributed by atoms with Crippen molar-refractivity contribution in [3.63, 3.8) is 0 Å². The Hall–Kier alpha value is -3.22. The van der Waals surface area contributed by atoms with Crippen LogP contribution in [0.4, 0.5) is 13.2 Å². The number of nitrogens with zero attached hydrogens (tertiary/aromatic N) is 3. The zero-order chi connectivity index (χ0) is 19.5. The van der Waals surface area contributed by atoms with Gasteiger partial charge < -0.3 is 9.84 Å². The van der Waals surface area contributed by atoms with Crippen LogP contribution in [0, 0.1) is 17.2 Å². The van der Waals surface area contributed by atoms with Crippen molar-refractivity contribution >= 4 is 11.7 Å². The number of amides is 1. The number of nitrogens with one attached hydrogen (secondary N) is 1. The van der Waals surface area contributed by atoms with Crippen molar-refractivity contribution in [1.29, 1.82) is 5.26 Å². The van der Waals surface area contributed by atoms with Crippen molar-refractivity contribution in [2.24, 2.45) is 5.92 Å². The van der Waals surface area contributed by atoms with E-state index in [0.29, 0.717) is 0 Å². The zero-order valence-electron chi connectivity index (χ0n) is 13.7. The Labute approximate surface area is 145 Å². The lowest BCUT2D eigenvalue weighted by Crippen LogP contribution is -2.38. The lowest BCUT2D eigenvalue weighted by atomic mass is 9.97. The summed E-state index contributed by atoms with van der Waals surface area (Å²) in [6.07, 6.45) is -4.76. The molecule has 0 spiro atoms. The Morgan fingerprint density at radius 3 is 2.31 bits per heavy atom. The topological polar surface area (TPSA) is 109 Å². The minimum absolute atomic E-state index is 0.0544. The standard InChI is InChI=1S/C16H13F3N4O3/c1-8(2)21-14(25)11(7-20)12(24)9-3-5-10(6-4-9)13-22-15(26-23-13)16(17,18)19/h3-6,8,11H,1-2H3,(H,21,25)/t11-/m1/s1. The number of nitriles is 1. The van der Waals surface area contributed by atoms with Gasteiger partial charge in [0, 0.05) is 17.2 Å². The van der Waals surface area contributed by atoms with Gasteiger partial charge in [-0.05, 0) is 13.8 Å². The van der Waals surface area contributed by atoms with Crippen molar-refractivity contribution in [3.05, 3.63) is 35.7 Å². The van der Waals surface area contributed by atoms with Gasteiger partial charge in [-0.1, -0.05) is 29.4 Å². The maximum atomic E-state index is 12.5. The summed E-state index contributed by atoms with van der Waals surface area (Å²) in [6, 6.07) is 6.55. The third-order valence-corrected chi connectivity index (χ3v) is 3.18. The predicted molar refractivity (Wildman–Crippen MR) is 81.4 cm³/mol. The summed E-state index contributed by atoms with van der Waals surface area (Å²) >= 11 is 0. The molecule has 0 aliphatic rings. The summed E-state index contributed by atoms with van der Waals surface area (Å²) in [7, 11) is 0. The number of rotatable bonds is 5. The number of aromatic nitrogens is 2. The molecule has 0 aliphatic carbocycles. The summed E-state index contributed by atoms with van der Waals surface area (Å²) < 4.78 is 41.6. The van der Waals surface area contributed by atoms with E-state index in [0.717, 1.165) is 0 Å². The molecule has 0 bridgehead atoms. The molecule has 0 aliphatic heterocycles. The van der Waals surface area contributed by atoms with Crippen LogP contribution in [-0.2, 0) is 11.0 Å². The Kier molecular flexibility index (Phi) is 5.40. The highest BCUT2D eigenvalue weighted by atomic mass is 19.4. The van der Waals surface area contributed by atoms with E-state index in [1.54, 1.807) is 19.9 Å². The van der Waals surface area contributed by atoms with Crippen LogP contribution in [0.5, 0.6) is 0 Å². The predicted octanol–water partition coefficient (Wildman–Crippen LogP) is 2.60. The summed E-state index contributed by atoms with van der Waals surface area (Å²) in [6.45, 7) is 3.37. The van der Waals surface area contributed by atoms with Gasteiger partial charge in [-0.2, -0.15) is 23.4 Å². The molecule has 1 N–H and O–H groups in total. The van der Waals surface area contributed by atoms with E-state index >= 15 is 0 Å². The van der Waals surface area contributed by atoms with E-state index in [1.807, 2.05) is 0 Å². The van der Waals surface area contributed by atoms with Crippen LogP contribution in [0.1, 0.15) is 30.1 Å². The van der Waals surface area contributed by atoms with Gasteiger partial charge in [-0.25, -0.2) is 0 Å². The fourth-order valence-electron chi connectivity index (χ4n) is 2.01. The lowest BCUT2D eigenvalue weighted by Gasteiger charge is -2.12. The molecule has 0 radical (unpaired) electrons. The van der Waals surface area contributed by atoms with E-state index < -0.39 is 29.7 Å². The number of alkyl halides is 3. The number of carbonyl (C=O) groups is 2. The molecule has 1 aromatic heterocycles. The smallest absolute Gasteiger partial charge is 0.352 e. The second-order valence-electron chi connectivity index (χ2n) is 5.59. The second kappa shape index (κ2) is 7.35. The third-order valence-electron chi connectivity index (χ3n) is 3.18. The normalized spacial score (nSPS) is 12.5. The first kappa shape index (κ1) is 19.1. The molecule has 2 rings (SSSR count). The molecule has 2 aromatic rings. The first-order valence-corrected chi connectivity index (χ1v) is 7.39. The van der Waals surface area contributed by atoms with Gasteiger partial charge in [0.25, 0.3) is 0 Å². The Morgan fingerprint density at radius 1 is 1.23 bits per heavy atom. The molecule has 0 unspecified atom stereocenters. The number of halogens is 3. The molecule has 1 amide bonds. The van der Waals surface area contributed by atoms with Crippen LogP contribution in [0.2, 0.25) is 0 Å². The number of Topliss-reactive ketones (excluding diaryl/α,β-unsaturated/α-hetero) is 1. The monoisotopic (exact) mass is 366 g/mol. The van der Waals surface area contributed by atoms with Crippen LogP contribution >= 0.6 is 0 Å². The molecule has 7 nitrogen and oxygen atoms in total. The maximum absolute atomic E-state index is 12.5. The minimum atomic E-state index is -4.76. The zero-order valence-corrected chi connectivity index (χ0v) is 13.7. The van der Waals surface area contributed by atoms with E-state index in [4.69, 9.17) is 5.26 Å². The Morgan fingerprint density at radius 2 is 1.85 bits per heavy atom. The van der Waals surface area contributed by atoms with Gasteiger partial charge in [0.15, 0.2) is 11.7 Å². The largest absolute Gasteiger partial charge is 0.471 e. The van der Waals surface area contributed by atoms with Crippen LogP contribution in [-0.4, -0.2) is 27.9 Å². The highest BCUT2D eigenvalue weighted by molar-refractivity contribution is 6.12. The van der Waals surface area contributed by atoms with Crippen molar-refractivity contribution in [2.75, 3.05) is 0 Å². The molecule has 10 heteroatoms. The fourth-order valence-corrected chi connectivity index (χ4v) is 2.01. The van der Waals surface area contributed by atoms with Gasteiger partial charge in [-0.3, -0.25) is 9.59 Å². The quantitative estimate of drug-likeness (QED) is 0.643. The summed E-state index contributed by atoms with van der Waals surface area (Å²) in [4.78, 5) is 27.4. The fraction of sp³-hybridized carbons (Fsp3) is 0.312. The maximum Gasteiger partial charge on any atom is 0.471 e. The summed E-state index contributed by atoms with van der Waals surface area (Å²) in [5.41, 5.74) is 0.236. The van der Waals surface area contributed by atoms with Gasteiger partial charge in [-0.15, -0.1) is 0 Å². The minimum Gasteiger partial charge on any atom is -0.352 e. The summed E-state index contributed by atoms with van der Waals surface area (Å²) in [5.74, 6) is -4.75. The first-order chi connectivity index (χ1) is 12.1. The average molecular weight is 366 g/mol. The van der Waals surface area contributed by atoms with Crippen LogP contribution in [0.15, 0.2) is 28.8 Å². The highest BCUT2D eigenvalue weighted by Crippen LogP contribution is 2.29. The molecule has 1 aromatic carbocycles. The van der Waals surface area contributed by atoms with E-state index in [1.165, 1.54) is 24.3 Å². The van der Waals surface area contributed by atoms with Crippen molar-refractivity contribution < 1.29 is 27.3 Å². The molecule has 1 heterocycles. The molecule has 0 saturated heterocycles. The van der Waals surface area contributed by atoms with Crippen molar-refractivity contribution in [1.82, 2.24) is 15.5 Å². The Bertz CT molecular complexity index is 851. The highest BCUT2D eigenvalue weighted by Gasteiger charge is 2.38. The lowest BCUT2D eigenvalue weighted by molar-refractivity contribution is -0.159. The second-order valence-corrected chi connectivity index (χ2v) is 5.59. The molecule has 136 valence electrons. The first-order valence-electron chi connectivity index (χ1n) is 7.39.